The first-order valence-electron chi connectivity index (χ1n) is 8.57. The molecule has 0 saturated heterocycles. The molecular weight excluding hydrogens is 346 g/mol. The van der Waals surface area contributed by atoms with E-state index in [1.165, 1.54) is 11.8 Å². The predicted octanol–water partition coefficient (Wildman–Crippen LogP) is 2.71. The van der Waals surface area contributed by atoms with Gasteiger partial charge in [-0.1, -0.05) is 11.2 Å². The van der Waals surface area contributed by atoms with Crippen LogP contribution in [-0.2, 0) is 16.2 Å². The number of aryl methyl sites for hydroxylation is 1. The number of rotatable bonds is 5. The van der Waals surface area contributed by atoms with Crippen LogP contribution in [0.5, 0.6) is 5.75 Å². The lowest BCUT2D eigenvalue weighted by Crippen LogP contribution is -2.46. The molecule has 2 heterocycles. The van der Waals surface area contributed by atoms with Crippen LogP contribution in [0.3, 0.4) is 0 Å². The summed E-state index contributed by atoms with van der Waals surface area (Å²) in [4.78, 5) is 35.7. The average Bonchev–Trinajstić information content (AvgIpc) is 2.66. The number of amidine groups is 1. The van der Waals surface area contributed by atoms with Gasteiger partial charge in [0.1, 0.15) is 11.4 Å². The Kier molecular flexibility index (Phi) is 5.21. The lowest BCUT2D eigenvalue weighted by molar-refractivity contribution is -0.142. The Labute approximate surface area is 157 Å². The Hall–Kier alpha value is -3.22. The number of ether oxygens (including phenoxy) is 1. The summed E-state index contributed by atoms with van der Waals surface area (Å²) < 4.78 is 5.41. The monoisotopic (exact) mass is 367 g/mol. The third kappa shape index (κ3) is 3.67. The van der Waals surface area contributed by atoms with E-state index in [1.54, 1.807) is 38.4 Å². The van der Waals surface area contributed by atoms with E-state index in [0.29, 0.717) is 28.4 Å². The summed E-state index contributed by atoms with van der Waals surface area (Å²) in [5, 5.41) is 4.13. The maximum atomic E-state index is 12.8. The van der Waals surface area contributed by atoms with Gasteiger partial charge in [0.15, 0.2) is 5.78 Å². The van der Waals surface area contributed by atoms with E-state index in [0.717, 1.165) is 5.56 Å². The normalized spacial score (nSPS) is 16.6. The summed E-state index contributed by atoms with van der Waals surface area (Å²) in [5.41, 5.74) is 2.69. The molecule has 1 unspecified atom stereocenters. The molecule has 2 aromatic rings. The van der Waals surface area contributed by atoms with Crippen LogP contribution >= 0.6 is 0 Å². The Morgan fingerprint density at radius 2 is 2.11 bits per heavy atom. The number of amides is 1. The van der Waals surface area contributed by atoms with Gasteiger partial charge in [-0.15, -0.1) is 0 Å². The van der Waals surface area contributed by atoms with Crippen molar-refractivity contribution in [2.24, 2.45) is 5.16 Å². The van der Waals surface area contributed by atoms with Crippen molar-refractivity contribution in [1.29, 1.82) is 0 Å². The van der Waals surface area contributed by atoms with Gasteiger partial charge in [-0.25, -0.2) is 0 Å². The van der Waals surface area contributed by atoms with E-state index >= 15 is 0 Å². The molecule has 0 spiro atoms. The summed E-state index contributed by atoms with van der Waals surface area (Å²) in [6.07, 6.45) is 0.933. The number of methoxy groups -OCH3 is 1. The Bertz CT molecular complexity index is 923. The molecule has 27 heavy (non-hydrogen) atoms. The number of hydrogen-bond donors (Lipinski definition) is 0. The molecule has 140 valence electrons. The van der Waals surface area contributed by atoms with Gasteiger partial charge in [0, 0.05) is 17.3 Å². The lowest BCUT2D eigenvalue weighted by Gasteiger charge is -2.30. The molecule has 1 aliphatic rings. The third-order valence-electron chi connectivity index (χ3n) is 4.40. The average molecular weight is 367 g/mol. The molecule has 0 saturated carbocycles. The molecule has 1 atom stereocenters. The van der Waals surface area contributed by atoms with Crippen molar-refractivity contribution in [3.63, 3.8) is 0 Å². The quantitative estimate of drug-likeness (QED) is 0.759. The number of hydrogen-bond acceptors (Lipinski definition) is 6. The van der Waals surface area contributed by atoms with Crippen LogP contribution in [0.2, 0.25) is 0 Å². The zero-order chi connectivity index (χ0) is 19.6. The van der Waals surface area contributed by atoms with Crippen LogP contribution in [0, 0.1) is 6.92 Å². The van der Waals surface area contributed by atoms with Crippen molar-refractivity contribution in [3.8, 4) is 5.75 Å². The topological polar surface area (TPSA) is 81.1 Å². The van der Waals surface area contributed by atoms with E-state index < -0.39 is 6.10 Å². The highest BCUT2D eigenvalue weighted by Crippen LogP contribution is 2.25. The van der Waals surface area contributed by atoms with Crippen LogP contribution < -0.4 is 4.74 Å². The molecule has 0 aliphatic carbocycles. The van der Waals surface area contributed by atoms with E-state index in [2.05, 4.69) is 10.1 Å². The van der Waals surface area contributed by atoms with Crippen LogP contribution in [0.4, 0.5) is 0 Å². The van der Waals surface area contributed by atoms with E-state index in [9.17, 15) is 9.59 Å². The van der Waals surface area contributed by atoms with Gasteiger partial charge in [0.25, 0.3) is 5.91 Å². The highest BCUT2D eigenvalue weighted by atomic mass is 16.6. The molecule has 0 bridgehead atoms. The number of oxime groups is 1. The molecule has 1 amide bonds. The molecule has 3 rings (SSSR count). The highest BCUT2D eigenvalue weighted by molar-refractivity contribution is 6.09. The molecule has 0 radical (unpaired) electrons. The van der Waals surface area contributed by atoms with Gasteiger partial charge in [0.2, 0.25) is 11.9 Å². The standard InChI is InChI=1S/C20H21N3O4/c1-12-6-5-9-21-18(12)19-22-27-14(3)20(25)23(19)11-16-10-15(13(2)24)7-8-17(16)26-4/h5-10,14H,11H2,1-4H3. The van der Waals surface area contributed by atoms with Crippen LogP contribution in [-0.4, -0.2) is 40.6 Å². The van der Waals surface area contributed by atoms with E-state index in [-0.39, 0.29) is 18.2 Å². The minimum atomic E-state index is -0.709. The fourth-order valence-electron chi connectivity index (χ4n) is 2.88. The fourth-order valence-corrected chi connectivity index (χ4v) is 2.88. The minimum Gasteiger partial charge on any atom is -0.496 e. The lowest BCUT2D eigenvalue weighted by atomic mass is 10.1. The first kappa shape index (κ1) is 18.6. The molecule has 0 N–H and O–H groups in total. The number of Topliss-reactive ketones (excluding diaryl/α,β-unsaturated/α-hetero) is 1. The molecule has 1 aromatic carbocycles. The maximum Gasteiger partial charge on any atom is 0.272 e. The van der Waals surface area contributed by atoms with E-state index in [4.69, 9.17) is 9.57 Å². The van der Waals surface area contributed by atoms with Gasteiger partial charge in [0.05, 0.1) is 13.7 Å². The number of carbonyl (C=O) groups is 2. The first-order valence-corrected chi connectivity index (χ1v) is 8.57. The van der Waals surface area contributed by atoms with Crippen molar-refractivity contribution < 1.29 is 19.2 Å². The molecule has 1 aromatic heterocycles. The second-order valence-electron chi connectivity index (χ2n) is 6.34. The largest absolute Gasteiger partial charge is 0.496 e. The maximum absolute atomic E-state index is 12.8. The molecule has 1 aliphatic heterocycles. The van der Waals surface area contributed by atoms with Gasteiger partial charge in [-0.2, -0.15) is 0 Å². The van der Waals surface area contributed by atoms with E-state index in [1.807, 2.05) is 19.1 Å². The summed E-state index contributed by atoms with van der Waals surface area (Å²) in [7, 11) is 1.55. The number of aromatic nitrogens is 1. The van der Waals surface area contributed by atoms with Gasteiger partial charge in [-0.3, -0.25) is 19.5 Å². The number of ketones is 1. The third-order valence-corrected chi connectivity index (χ3v) is 4.40. The highest BCUT2D eigenvalue weighted by Gasteiger charge is 2.33. The summed E-state index contributed by atoms with van der Waals surface area (Å²) in [5.74, 6) is 0.630. The number of benzene rings is 1. The molecule has 7 nitrogen and oxygen atoms in total. The summed E-state index contributed by atoms with van der Waals surface area (Å²) in [6.45, 7) is 5.22. The molecule has 0 fully saturated rings. The zero-order valence-corrected chi connectivity index (χ0v) is 15.7. The first-order chi connectivity index (χ1) is 12.9. The number of carbonyl (C=O) groups excluding carboxylic acids is 2. The van der Waals surface area contributed by atoms with Crippen molar-refractivity contribution >= 4 is 17.5 Å². The molecule has 7 heteroatoms. The van der Waals surface area contributed by atoms with Crippen LogP contribution in [0.25, 0.3) is 0 Å². The SMILES string of the molecule is COc1ccc(C(C)=O)cc1CN1C(=O)C(C)ON=C1c1ncccc1C. The van der Waals surface area contributed by atoms with Crippen molar-refractivity contribution in [3.05, 3.63) is 58.9 Å². The van der Waals surface area contributed by atoms with Crippen LogP contribution in [0.15, 0.2) is 41.7 Å². The molecular formula is C20H21N3O4. The minimum absolute atomic E-state index is 0.0602. The van der Waals surface area contributed by atoms with Crippen molar-refractivity contribution in [1.82, 2.24) is 9.88 Å². The number of pyridine rings is 1. The van der Waals surface area contributed by atoms with Gasteiger partial charge in [-0.05, 0) is 50.6 Å². The zero-order valence-electron chi connectivity index (χ0n) is 15.7. The van der Waals surface area contributed by atoms with Crippen molar-refractivity contribution in [2.45, 2.75) is 33.4 Å². The second-order valence-corrected chi connectivity index (χ2v) is 6.34. The second kappa shape index (κ2) is 7.57. The number of nitrogens with zero attached hydrogens (tertiary/aromatic N) is 3. The van der Waals surface area contributed by atoms with Crippen LogP contribution in [0.1, 0.15) is 41.0 Å². The van der Waals surface area contributed by atoms with Gasteiger partial charge < -0.3 is 9.57 Å². The smallest absolute Gasteiger partial charge is 0.272 e. The Balaban J connectivity index is 2.05. The predicted molar refractivity (Wildman–Crippen MR) is 99.6 cm³/mol. The summed E-state index contributed by atoms with van der Waals surface area (Å²) >= 11 is 0. The van der Waals surface area contributed by atoms with Crippen molar-refractivity contribution in [2.75, 3.05) is 7.11 Å². The Morgan fingerprint density at radius 3 is 2.78 bits per heavy atom. The Morgan fingerprint density at radius 1 is 1.33 bits per heavy atom. The van der Waals surface area contributed by atoms with Gasteiger partial charge >= 0.3 is 0 Å². The summed E-state index contributed by atoms with van der Waals surface area (Å²) in [6, 6.07) is 8.87. The fraction of sp³-hybridized carbons (Fsp3) is 0.300.